The Kier molecular flexibility index (Phi) is 4.72. The first-order valence-corrected chi connectivity index (χ1v) is 6.92. The second-order valence-corrected chi connectivity index (χ2v) is 6.59. The van der Waals surface area contributed by atoms with Gasteiger partial charge in [0, 0.05) is 18.5 Å². The van der Waals surface area contributed by atoms with Crippen molar-refractivity contribution in [2.45, 2.75) is 46.1 Å². The molecule has 0 unspecified atom stereocenters. The van der Waals surface area contributed by atoms with Crippen molar-refractivity contribution in [3.63, 3.8) is 0 Å². The normalized spacial score (nSPS) is 20.6. The third-order valence-electron chi connectivity index (χ3n) is 3.91. The maximum Gasteiger partial charge on any atom is 0.239 e. The fourth-order valence-corrected chi connectivity index (χ4v) is 2.27. The van der Waals surface area contributed by atoms with Crippen LogP contribution in [0.15, 0.2) is 0 Å². The number of carbonyl (C=O) groups excluding carboxylic acids is 1. The standard InChI is InChI=1S/C13H25N3OS/c1-12(2,10(14)18)6-5-8-16-9-7-15-11(17)13(16,3)4/h5-9H2,1-4H3,(H2,14,18)(H,15,17). The first kappa shape index (κ1) is 15.4. The summed E-state index contributed by atoms with van der Waals surface area (Å²) < 4.78 is 0. The Morgan fingerprint density at radius 2 is 2.17 bits per heavy atom. The summed E-state index contributed by atoms with van der Waals surface area (Å²) in [6.45, 7) is 10.6. The highest BCUT2D eigenvalue weighted by atomic mass is 32.1. The maximum absolute atomic E-state index is 11.8. The number of nitrogens with zero attached hydrogens (tertiary/aromatic N) is 1. The van der Waals surface area contributed by atoms with E-state index in [-0.39, 0.29) is 11.3 Å². The van der Waals surface area contributed by atoms with E-state index in [4.69, 9.17) is 18.0 Å². The van der Waals surface area contributed by atoms with Gasteiger partial charge >= 0.3 is 0 Å². The topological polar surface area (TPSA) is 58.4 Å². The quantitative estimate of drug-likeness (QED) is 0.740. The molecule has 18 heavy (non-hydrogen) atoms. The van der Waals surface area contributed by atoms with Gasteiger partial charge in [-0.05, 0) is 33.2 Å². The number of hydrogen-bond acceptors (Lipinski definition) is 3. The van der Waals surface area contributed by atoms with Crippen LogP contribution in [0, 0.1) is 5.41 Å². The van der Waals surface area contributed by atoms with E-state index in [0.717, 1.165) is 32.5 Å². The van der Waals surface area contributed by atoms with Crippen molar-refractivity contribution in [2.75, 3.05) is 19.6 Å². The number of nitrogens with one attached hydrogen (secondary N) is 1. The first-order chi connectivity index (χ1) is 8.18. The Bertz CT molecular complexity index is 339. The van der Waals surface area contributed by atoms with Crippen LogP contribution in [0.25, 0.3) is 0 Å². The smallest absolute Gasteiger partial charge is 0.239 e. The van der Waals surface area contributed by atoms with Gasteiger partial charge in [0.15, 0.2) is 0 Å². The van der Waals surface area contributed by atoms with Crippen LogP contribution in [0.5, 0.6) is 0 Å². The van der Waals surface area contributed by atoms with Crippen molar-refractivity contribution in [3.8, 4) is 0 Å². The highest BCUT2D eigenvalue weighted by Crippen LogP contribution is 2.24. The van der Waals surface area contributed by atoms with Crippen LogP contribution in [0.1, 0.15) is 40.5 Å². The number of carbonyl (C=O) groups is 1. The molecule has 4 nitrogen and oxygen atoms in total. The molecule has 1 rings (SSSR count). The molecule has 5 heteroatoms. The molecule has 1 saturated heterocycles. The molecule has 0 saturated carbocycles. The van der Waals surface area contributed by atoms with Crippen LogP contribution in [0.3, 0.4) is 0 Å². The van der Waals surface area contributed by atoms with Gasteiger partial charge < -0.3 is 11.1 Å². The zero-order chi connectivity index (χ0) is 14.0. The second kappa shape index (κ2) is 5.53. The third kappa shape index (κ3) is 3.42. The molecule has 3 N–H and O–H groups in total. The SMILES string of the molecule is CC(C)(CCCN1CCNC(=O)C1(C)C)C(N)=S. The summed E-state index contributed by atoms with van der Waals surface area (Å²) in [5, 5.41) is 2.91. The van der Waals surface area contributed by atoms with E-state index >= 15 is 0 Å². The van der Waals surface area contributed by atoms with E-state index in [0.29, 0.717) is 4.99 Å². The second-order valence-electron chi connectivity index (χ2n) is 6.15. The van der Waals surface area contributed by atoms with E-state index in [2.05, 4.69) is 24.1 Å². The lowest BCUT2D eigenvalue weighted by atomic mass is 9.87. The fourth-order valence-electron chi connectivity index (χ4n) is 2.17. The Labute approximate surface area is 115 Å². The average molecular weight is 271 g/mol. The van der Waals surface area contributed by atoms with Crippen molar-refractivity contribution in [1.29, 1.82) is 0 Å². The van der Waals surface area contributed by atoms with Crippen molar-refractivity contribution in [2.24, 2.45) is 11.1 Å². The number of thiocarbonyl (C=S) groups is 1. The molecular formula is C13H25N3OS. The van der Waals surface area contributed by atoms with Crippen molar-refractivity contribution in [1.82, 2.24) is 10.2 Å². The highest BCUT2D eigenvalue weighted by Gasteiger charge is 2.37. The Hall–Kier alpha value is -0.680. The van der Waals surface area contributed by atoms with Gasteiger partial charge in [-0.3, -0.25) is 9.69 Å². The Balaban J connectivity index is 2.49. The molecule has 1 amide bonds. The Morgan fingerprint density at radius 3 is 2.72 bits per heavy atom. The van der Waals surface area contributed by atoms with Crippen LogP contribution in [-0.2, 0) is 4.79 Å². The van der Waals surface area contributed by atoms with Crippen molar-refractivity contribution >= 4 is 23.1 Å². The molecule has 0 aromatic rings. The lowest BCUT2D eigenvalue weighted by Crippen LogP contribution is -2.61. The minimum Gasteiger partial charge on any atom is -0.393 e. The number of rotatable bonds is 5. The molecular weight excluding hydrogens is 246 g/mol. The molecule has 1 aliphatic rings. The third-order valence-corrected chi connectivity index (χ3v) is 4.46. The van der Waals surface area contributed by atoms with Gasteiger partial charge in [0.25, 0.3) is 0 Å². The molecule has 1 aliphatic heterocycles. The van der Waals surface area contributed by atoms with Crippen LogP contribution in [0.2, 0.25) is 0 Å². The summed E-state index contributed by atoms with van der Waals surface area (Å²) in [6, 6.07) is 0. The lowest BCUT2D eigenvalue weighted by Gasteiger charge is -2.41. The van der Waals surface area contributed by atoms with E-state index in [1.807, 2.05) is 13.8 Å². The number of piperazine rings is 1. The van der Waals surface area contributed by atoms with E-state index in [1.165, 1.54) is 0 Å². The predicted octanol–water partition coefficient (Wildman–Crippen LogP) is 1.29. The summed E-state index contributed by atoms with van der Waals surface area (Å²) in [6.07, 6.45) is 1.96. The van der Waals surface area contributed by atoms with Crippen molar-refractivity contribution < 1.29 is 4.79 Å². The van der Waals surface area contributed by atoms with Gasteiger partial charge in [0.2, 0.25) is 5.91 Å². The van der Waals surface area contributed by atoms with Gasteiger partial charge in [-0.1, -0.05) is 26.1 Å². The zero-order valence-corrected chi connectivity index (χ0v) is 12.7. The molecule has 0 bridgehead atoms. The molecule has 0 aromatic carbocycles. The molecule has 0 spiro atoms. The minimum absolute atomic E-state index is 0.0997. The number of nitrogens with two attached hydrogens (primary N) is 1. The van der Waals surface area contributed by atoms with E-state index < -0.39 is 5.54 Å². The largest absolute Gasteiger partial charge is 0.393 e. The molecule has 1 fully saturated rings. The summed E-state index contributed by atoms with van der Waals surface area (Å²) in [7, 11) is 0. The molecule has 1 heterocycles. The summed E-state index contributed by atoms with van der Waals surface area (Å²) >= 11 is 5.07. The molecule has 104 valence electrons. The Morgan fingerprint density at radius 1 is 1.56 bits per heavy atom. The van der Waals surface area contributed by atoms with Crippen molar-refractivity contribution in [3.05, 3.63) is 0 Å². The predicted molar refractivity (Wildman–Crippen MR) is 78.5 cm³/mol. The van der Waals surface area contributed by atoms with Gasteiger partial charge in [0.1, 0.15) is 0 Å². The van der Waals surface area contributed by atoms with E-state index in [9.17, 15) is 4.79 Å². The fraction of sp³-hybridized carbons (Fsp3) is 0.846. The summed E-state index contributed by atoms with van der Waals surface area (Å²) in [5.74, 6) is 0.113. The number of hydrogen-bond donors (Lipinski definition) is 2. The van der Waals surface area contributed by atoms with Crippen LogP contribution < -0.4 is 11.1 Å². The lowest BCUT2D eigenvalue weighted by molar-refractivity contribution is -0.135. The highest BCUT2D eigenvalue weighted by molar-refractivity contribution is 7.80. The summed E-state index contributed by atoms with van der Waals surface area (Å²) in [5.41, 5.74) is 5.21. The minimum atomic E-state index is -0.411. The molecule has 0 radical (unpaired) electrons. The van der Waals surface area contributed by atoms with Crippen LogP contribution in [-0.4, -0.2) is 41.0 Å². The van der Waals surface area contributed by atoms with Gasteiger partial charge in [0.05, 0.1) is 10.5 Å². The monoisotopic (exact) mass is 271 g/mol. The molecule has 0 atom stereocenters. The van der Waals surface area contributed by atoms with Gasteiger partial charge in [-0.15, -0.1) is 0 Å². The average Bonchev–Trinajstić information content (AvgIpc) is 2.24. The maximum atomic E-state index is 11.8. The van der Waals surface area contributed by atoms with Crippen LogP contribution >= 0.6 is 12.2 Å². The van der Waals surface area contributed by atoms with Gasteiger partial charge in [-0.2, -0.15) is 0 Å². The molecule has 0 aliphatic carbocycles. The zero-order valence-electron chi connectivity index (χ0n) is 11.9. The van der Waals surface area contributed by atoms with Crippen LogP contribution in [0.4, 0.5) is 0 Å². The van der Waals surface area contributed by atoms with Gasteiger partial charge in [-0.25, -0.2) is 0 Å². The van der Waals surface area contributed by atoms with E-state index in [1.54, 1.807) is 0 Å². The first-order valence-electron chi connectivity index (χ1n) is 6.51. The number of amides is 1. The molecule has 0 aromatic heterocycles. The summed E-state index contributed by atoms with van der Waals surface area (Å²) in [4.78, 5) is 14.6.